The number of thiophene rings is 1. The molecule has 6 nitrogen and oxygen atoms in total. The van der Waals surface area contributed by atoms with Crippen molar-refractivity contribution in [2.45, 2.75) is 26.1 Å². The molecule has 0 fully saturated rings. The maximum Gasteiger partial charge on any atom is 0.416 e. The number of rotatable bonds is 4. The number of nitrogens with one attached hydrogen (secondary N) is 1. The second kappa shape index (κ2) is 9.22. The van der Waals surface area contributed by atoms with Crippen LogP contribution in [-0.2, 0) is 28.7 Å². The monoisotopic (exact) mass is 449 g/mol. The molecular formula is C21H18F3N3O3S. The molecule has 0 radical (unpaired) electrons. The number of benzene rings is 1. The van der Waals surface area contributed by atoms with Gasteiger partial charge in [0.15, 0.2) is 0 Å². The van der Waals surface area contributed by atoms with Gasteiger partial charge in [-0.3, -0.25) is 4.79 Å². The standard InChI is InChI=1S/C21H18F3N3O3S/c1-2-30-20(29)27-9-8-15-16(11-25)19(31-17(15)12-27)26-18(28)7-6-13-4-3-5-14(10-13)21(22,23)24/h3-7,10H,2,8-9,12H2,1H3,(H,26,28). The SMILES string of the molecule is CCOC(=O)N1CCc2c(sc(NC(=O)C=Cc3cccc(C(F)(F)F)c3)c2C#N)C1. The van der Waals surface area contributed by atoms with Gasteiger partial charge in [0, 0.05) is 17.5 Å². The lowest BCUT2D eigenvalue weighted by Crippen LogP contribution is -2.35. The molecule has 0 bridgehead atoms. The van der Waals surface area contributed by atoms with Crippen molar-refractivity contribution in [1.82, 2.24) is 4.90 Å². The van der Waals surface area contributed by atoms with E-state index in [9.17, 15) is 28.0 Å². The molecule has 3 rings (SSSR count). The van der Waals surface area contributed by atoms with Gasteiger partial charge >= 0.3 is 12.3 Å². The summed E-state index contributed by atoms with van der Waals surface area (Å²) in [6, 6.07) is 6.69. The zero-order valence-electron chi connectivity index (χ0n) is 16.5. The summed E-state index contributed by atoms with van der Waals surface area (Å²) in [5.41, 5.74) is 0.537. The Balaban J connectivity index is 1.73. The summed E-state index contributed by atoms with van der Waals surface area (Å²) in [7, 11) is 0. The number of carbonyl (C=O) groups is 2. The lowest BCUT2D eigenvalue weighted by atomic mass is 10.0. The Bertz CT molecular complexity index is 1070. The maximum atomic E-state index is 12.8. The lowest BCUT2D eigenvalue weighted by Gasteiger charge is -2.25. The number of nitriles is 1. The highest BCUT2D eigenvalue weighted by atomic mass is 32.1. The van der Waals surface area contributed by atoms with Gasteiger partial charge in [-0.05, 0) is 42.7 Å². The minimum absolute atomic E-state index is 0.223. The van der Waals surface area contributed by atoms with Crippen molar-refractivity contribution in [2.24, 2.45) is 0 Å². The number of nitrogens with zero attached hydrogens (tertiary/aromatic N) is 2. The first-order chi connectivity index (χ1) is 14.7. The van der Waals surface area contributed by atoms with E-state index in [0.29, 0.717) is 23.5 Å². The summed E-state index contributed by atoms with van der Waals surface area (Å²) in [4.78, 5) is 26.6. The van der Waals surface area contributed by atoms with Crippen LogP contribution >= 0.6 is 11.3 Å². The molecule has 0 saturated carbocycles. The first kappa shape index (κ1) is 22.4. The van der Waals surface area contributed by atoms with E-state index in [1.165, 1.54) is 34.4 Å². The highest BCUT2D eigenvalue weighted by Crippen LogP contribution is 2.37. The Kier molecular flexibility index (Phi) is 6.65. The molecule has 2 aromatic rings. The highest BCUT2D eigenvalue weighted by Gasteiger charge is 2.30. The topological polar surface area (TPSA) is 82.4 Å². The average Bonchev–Trinajstić information content (AvgIpc) is 3.08. The summed E-state index contributed by atoms with van der Waals surface area (Å²) in [5.74, 6) is -0.574. The van der Waals surface area contributed by atoms with Gasteiger partial charge in [-0.15, -0.1) is 11.3 Å². The van der Waals surface area contributed by atoms with Crippen LogP contribution in [0.25, 0.3) is 6.08 Å². The van der Waals surface area contributed by atoms with Crippen LogP contribution in [0.3, 0.4) is 0 Å². The fourth-order valence-corrected chi connectivity index (χ4v) is 4.34. The van der Waals surface area contributed by atoms with Crippen molar-refractivity contribution in [2.75, 3.05) is 18.5 Å². The van der Waals surface area contributed by atoms with E-state index in [0.717, 1.165) is 28.6 Å². The Morgan fingerprint density at radius 3 is 2.84 bits per heavy atom. The Morgan fingerprint density at radius 1 is 1.39 bits per heavy atom. The van der Waals surface area contributed by atoms with Crippen LogP contribution in [0.15, 0.2) is 30.3 Å². The second-order valence-corrected chi connectivity index (χ2v) is 7.74. The van der Waals surface area contributed by atoms with E-state index < -0.39 is 23.7 Å². The largest absolute Gasteiger partial charge is 0.450 e. The summed E-state index contributed by atoms with van der Waals surface area (Å²) >= 11 is 1.20. The molecule has 0 saturated heterocycles. The van der Waals surface area contributed by atoms with Gasteiger partial charge in [0.2, 0.25) is 5.91 Å². The van der Waals surface area contributed by atoms with Crippen molar-refractivity contribution in [1.29, 1.82) is 5.26 Å². The molecule has 1 N–H and O–H groups in total. The molecule has 1 aromatic heterocycles. The van der Waals surface area contributed by atoms with Crippen LogP contribution < -0.4 is 5.32 Å². The minimum atomic E-state index is -4.47. The predicted octanol–water partition coefficient (Wildman–Crippen LogP) is 4.81. The zero-order chi connectivity index (χ0) is 22.6. The van der Waals surface area contributed by atoms with E-state index in [4.69, 9.17) is 4.74 Å². The Hall–Kier alpha value is -3.32. The van der Waals surface area contributed by atoms with Crippen molar-refractivity contribution in [3.63, 3.8) is 0 Å². The summed E-state index contributed by atoms with van der Waals surface area (Å²) in [5, 5.41) is 12.5. The number of amides is 2. The van der Waals surface area contributed by atoms with Gasteiger partial charge in [-0.2, -0.15) is 18.4 Å². The Morgan fingerprint density at radius 2 is 2.16 bits per heavy atom. The number of hydrogen-bond acceptors (Lipinski definition) is 5. The van der Waals surface area contributed by atoms with E-state index >= 15 is 0 Å². The summed E-state index contributed by atoms with van der Waals surface area (Å²) in [6.07, 6.45) is -2.06. The van der Waals surface area contributed by atoms with Crippen molar-refractivity contribution >= 4 is 34.4 Å². The third kappa shape index (κ3) is 5.24. The van der Waals surface area contributed by atoms with Crippen LogP contribution in [0.4, 0.5) is 23.0 Å². The van der Waals surface area contributed by atoms with E-state index in [2.05, 4.69) is 11.4 Å². The summed E-state index contributed by atoms with van der Waals surface area (Å²) < 4.78 is 43.4. The molecule has 1 aromatic carbocycles. The fraction of sp³-hybridized carbons (Fsp3) is 0.286. The first-order valence-corrected chi connectivity index (χ1v) is 10.2. The van der Waals surface area contributed by atoms with Crippen LogP contribution in [0.5, 0.6) is 0 Å². The third-order valence-corrected chi connectivity index (χ3v) is 5.70. The average molecular weight is 449 g/mol. The molecule has 2 heterocycles. The quantitative estimate of drug-likeness (QED) is 0.680. The van der Waals surface area contributed by atoms with Crippen molar-refractivity contribution in [3.8, 4) is 6.07 Å². The van der Waals surface area contributed by atoms with Crippen LogP contribution in [-0.4, -0.2) is 30.1 Å². The fourth-order valence-electron chi connectivity index (χ4n) is 3.12. The van der Waals surface area contributed by atoms with E-state index in [1.54, 1.807) is 6.92 Å². The molecule has 0 unspecified atom stereocenters. The first-order valence-electron chi connectivity index (χ1n) is 9.35. The molecule has 2 amide bonds. The smallest absolute Gasteiger partial charge is 0.416 e. The Labute approximate surface area is 180 Å². The molecule has 31 heavy (non-hydrogen) atoms. The van der Waals surface area contributed by atoms with Gasteiger partial charge in [-0.25, -0.2) is 4.79 Å². The number of alkyl halides is 3. The number of halogens is 3. The molecular weight excluding hydrogens is 431 g/mol. The van der Waals surface area contributed by atoms with Crippen LogP contribution in [0.1, 0.15) is 34.1 Å². The third-order valence-electron chi connectivity index (χ3n) is 4.57. The van der Waals surface area contributed by atoms with Crippen LogP contribution in [0.2, 0.25) is 0 Å². The number of anilines is 1. The molecule has 162 valence electrons. The molecule has 1 aliphatic rings. The number of fused-ring (bicyclic) bond motifs is 1. The second-order valence-electron chi connectivity index (χ2n) is 6.64. The molecule has 10 heteroatoms. The highest BCUT2D eigenvalue weighted by molar-refractivity contribution is 7.16. The lowest BCUT2D eigenvalue weighted by molar-refractivity contribution is -0.137. The van der Waals surface area contributed by atoms with Gasteiger partial charge in [0.25, 0.3) is 0 Å². The number of carbonyl (C=O) groups excluding carboxylic acids is 2. The van der Waals surface area contributed by atoms with Crippen molar-refractivity contribution in [3.05, 3.63) is 57.5 Å². The van der Waals surface area contributed by atoms with Gasteiger partial charge in [0.1, 0.15) is 11.1 Å². The van der Waals surface area contributed by atoms with Gasteiger partial charge < -0.3 is 15.0 Å². The van der Waals surface area contributed by atoms with E-state index in [-0.39, 0.29) is 18.7 Å². The van der Waals surface area contributed by atoms with Gasteiger partial charge in [0.05, 0.1) is 24.3 Å². The minimum Gasteiger partial charge on any atom is -0.450 e. The van der Waals surface area contributed by atoms with Gasteiger partial charge in [-0.1, -0.05) is 12.1 Å². The normalized spacial score (nSPS) is 13.6. The molecule has 0 atom stereocenters. The van der Waals surface area contributed by atoms with Crippen molar-refractivity contribution < 1.29 is 27.5 Å². The summed E-state index contributed by atoms with van der Waals surface area (Å²) in [6.45, 7) is 2.66. The number of ether oxygens (including phenoxy) is 1. The molecule has 0 aliphatic carbocycles. The molecule has 0 spiro atoms. The predicted molar refractivity (Wildman–Crippen MR) is 109 cm³/mol. The van der Waals surface area contributed by atoms with E-state index in [1.807, 2.05) is 0 Å². The molecule has 1 aliphatic heterocycles. The van der Waals surface area contributed by atoms with Crippen LogP contribution in [0, 0.1) is 11.3 Å². The zero-order valence-corrected chi connectivity index (χ0v) is 17.3. The number of hydrogen-bond donors (Lipinski definition) is 1. The maximum absolute atomic E-state index is 12.8.